The fourth-order valence-electron chi connectivity index (χ4n) is 1.46. The number of hydrogen-bond acceptors (Lipinski definition) is 5. The van der Waals surface area contributed by atoms with Crippen LogP contribution in [0.1, 0.15) is 19.4 Å². The molecule has 1 aromatic carbocycles. The lowest BCUT2D eigenvalue weighted by Gasteiger charge is -2.02. The standard InChI is InChI=1S/C13H11NO4/c1-3-11-13(16)18-12(14-11)9-4-6-10(7-5-9)17-8(2)15/h3-7H,1-2H3/b11-3-. The Morgan fingerprint density at radius 2 is 2.00 bits per heavy atom. The van der Waals surface area contributed by atoms with Gasteiger partial charge in [0.1, 0.15) is 11.4 Å². The Bertz CT molecular complexity index is 555. The molecule has 0 unspecified atom stereocenters. The fourth-order valence-corrected chi connectivity index (χ4v) is 1.46. The first-order valence-corrected chi connectivity index (χ1v) is 5.36. The van der Waals surface area contributed by atoms with Gasteiger partial charge in [0.25, 0.3) is 0 Å². The van der Waals surface area contributed by atoms with Gasteiger partial charge >= 0.3 is 11.9 Å². The molecule has 0 bridgehead atoms. The molecule has 1 aliphatic rings. The smallest absolute Gasteiger partial charge is 0.363 e. The topological polar surface area (TPSA) is 65.0 Å². The van der Waals surface area contributed by atoms with Crippen molar-refractivity contribution in [1.29, 1.82) is 0 Å². The summed E-state index contributed by atoms with van der Waals surface area (Å²) in [5, 5.41) is 0. The Labute approximate surface area is 104 Å². The van der Waals surface area contributed by atoms with Gasteiger partial charge in [-0.25, -0.2) is 9.79 Å². The van der Waals surface area contributed by atoms with Gasteiger partial charge in [0, 0.05) is 12.5 Å². The van der Waals surface area contributed by atoms with E-state index in [2.05, 4.69) is 4.99 Å². The zero-order valence-corrected chi connectivity index (χ0v) is 9.97. The summed E-state index contributed by atoms with van der Waals surface area (Å²) in [6.45, 7) is 3.04. The Balaban J connectivity index is 2.21. The fraction of sp³-hybridized carbons (Fsp3) is 0.154. The minimum Gasteiger partial charge on any atom is -0.427 e. The predicted octanol–water partition coefficient (Wildman–Crippen LogP) is 1.82. The molecule has 1 heterocycles. The highest BCUT2D eigenvalue weighted by Crippen LogP contribution is 2.18. The monoisotopic (exact) mass is 245 g/mol. The molecule has 1 aliphatic heterocycles. The predicted molar refractivity (Wildman–Crippen MR) is 64.1 cm³/mol. The Morgan fingerprint density at radius 3 is 2.50 bits per heavy atom. The van der Waals surface area contributed by atoms with Crippen LogP contribution in [-0.2, 0) is 14.3 Å². The van der Waals surface area contributed by atoms with Crippen LogP contribution in [-0.4, -0.2) is 17.8 Å². The summed E-state index contributed by atoms with van der Waals surface area (Å²) in [6, 6.07) is 6.56. The van der Waals surface area contributed by atoms with E-state index in [0.717, 1.165) is 0 Å². The molecule has 0 spiro atoms. The number of aliphatic imine (C=N–C) groups is 1. The van der Waals surface area contributed by atoms with Crippen LogP contribution in [0, 0.1) is 0 Å². The Kier molecular flexibility index (Phi) is 3.23. The van der Waals surface area contributed by atoms with Gasteiger partial charge in [-0.05, 0) is 31.2 Å². The van der Waals surface area contributed by atoms with Gasteiger partial charge in [0.15, 0.2) is 0 Å². The summed E-state index contributed by atoms with van der Waals surface area (Å²) in [4.78, 5) is 26.1. The molecule has 0 aromatic heterocycles. The summed E-state index contributed by atoms with van der Waals surface area (Å²) >= 11 is 0. The van der Waals surface area contributed by atoms with Crippen LogP contribution in [0.15, 0.2) is 41.0 Å². The van der Waals surface area contributed by atoms with Crippen LogP contribution in [0.3, 0.4) is 0 Å². The van der Waals surface area contributed by atoms with Gasteiger partial charge in [-0.3, -0.25) is 4.79 Å². The molecule has 0 atom stereocenters. The molecule has 0 aliphatic carbocycles. The lowest BCUT2D eigenvalue weighted by molar-refractivity contribution is -0.132. The van der Waals surface area contributed by atoms with Crippen LogP contribution < -0.4 is 4.74 Å². The van der Waals surface area contributed by atoms with Crippen molar-refractivity contribution in [2.24, 2.45) is 4.99 Å². The molecule has 0 fully saturated rings. The molecule has 0 saturated heterocycles. The van der Waals surface area contributed by atoms with E-state index in [0.29, 0.717) is 11.3 Å². The SMILES string of the molecule is C/C=C1\N=C(c2ccc(OC(C)=O)cc2)OC1=O. The first kappa shape index (κ1) is 12.0. The van der Waals surface area contributed by atoms with E-state index in [9.17, 15) is 9.59 Å². The second kappa shape index (κ2) is 4.83. The van der Waals surface area contributed by atoms with Gasteiger partial charge in [0.05, 0.1) is 0 Å². The third-order valence-corrected chi connectivity index (χ3v) is 2.26. The minimum atomic E-state index is -0.462. The van der Waals surface area contributed by atoms with Crippen molar-refractivity contribution in [3.63, 3.8) is 0 Å². The van der Waals surface area contributed by atoms with Crippen molar-refractivity contribution in [1.82, 2.24) is 0 Å². The highest BCUT2D eigenvalue weighted by atomic mass is 16.6. The maximum absolute atomic E-state index is 11.3. The second-order valence-corrected chi connectivity index (χ2v) is 3.60. The summed E-state index contributed by atoms with van der Waals surface area (Å²) in [5.41, 5.74) is 0.935. The highest BCUT2D eigenvalue weighted by Gasteiger charge is 2.23. The summed E-state index contributed by atoms with van der Waals surface area (Å²) in [7, 11) is 0. The van der Waals surface area contributed by atoms with Crippen molar-refractivity contribution in [2.45, 2.75) is 13.8 Å². The van der Waals surface area contributed by atoms with E-state index in [1.165, 1.54) is 6.92 Å². The second-order valence-electron chi connectivity index (χ2n) is 3.60. The molecular formula is C13H11NO4. The molecule has 2 rings (SSSR count). The van der Waals surface area contributed by atoms with Gasteiger partial charge in [-0.2, -0.15) is 0 Å². The Morgan fingerprint density at radius 1 is 1.33 bits per heavy atom. The summed E-state index contributed by atoms with van der Waals surface area (Å²) < 4.78 is 9.90. The van der Waals surface area contributed by atoms with E-state index in [1.807, 2.05) is 0 Å². The van der Waals surface area contributed by atoms with E-state index in [4.69, 9.17) is 9.47 Å². The third kappa shape index (κ3) is 2.45. The molecule has 0 amide bonds. The van der Waals surface area contributed by atoms with Gasteiger partial charge < -0.3 is 9.47 Å². The van der Waals surface area contributed by atoms with Crippen LogP contribution >= 0.6 is 0 Å². The summed E-state index contributed by atoms with van der Waals surface area (Å²) in [6.07, 6.45) is 1.59. The van der Waals surface area contributed by atoms with Crippen molar-refractivity contribution < 1.29 is 19.1 Å². The third-order valence-electron chi connectivity index (χ3n) is 2.26. The zero-order chi connectivity index (χ0) is 13.1. The maximum Gasteiger partial charge on any atom is 0.363 e. The quantitative estimate of drug-likeness (QED) is 0.453. The molecule has 5 nitrogen and oxygen atoms in total. The van der Waals surface area contributed by atoms with Gasteiger partial charge in [0.2, 0.25) is 5.90 Å². The molecule has 92 valence electrons. The number of esters is 2. The number of hydrogen-bond donors (Lipinski definition) is 0. The highest BCUT2D eigenvalue weighted by molar-refractivity contribution is 6.11. The average molecular weight is 245 g/mol. The Hall–Kier alpha value is -2.43. The first-order valence-electron chi connectivity index (χ1n) is 5.36. The van der Waals surface area contributed by atoms with E-state index in [1.54, 1.807) is 37.3 Å². The van der Waals surface area contributed by atoms with Crippen LogP contribution in [0.4, 0.5) is 0 Å². The van der Waals surface area contributed by atoms with Crippen molar-refractivity contribution in [3.05, 3.63) is 41.6 Å². The van der Waals surface area contributed by atoms with Crippen molar-refractivity contribution in [3.8, 4) is 5.75 Å². The lowest BCUT2D eigenvalue weighted by Crippen LogP contribution is -2.06. The largest absolute Gasteiger partial charge is 0.427 e. The van der Waals surface area contributed by atoms with Crippen molar-refractivity contribution >= 4 is 17.8 Å². The molecule has 18 heavy (non-hydrogen) atoms. The number of cyclic esters (lactones) is 1. The van der Waals surface area contributed by atoms with E-state index in [-0.39, 0.29) is 17.6 Å². The lowest BCUT2D eigenvalue weighted by atomic mass is 10.2. The van der Waals surface area contributed by atoms with Gasteiger partial charge in [-0.1, -0.05) is 6.08 Å². The molecular weight excluding hydrogens is 234 g/mol. The molecule has 0 N–H and O–H groups in total. The van der Waals surface area contributed by atoms with Crippen LogP contribution in [0.25, 0.3) is 0 Å². The summed E-state index contributed by atoms with van der Waals surface area (Å²) in [5.74, 6) is -0.162. The maximum atomic E-state index is 11.3. The van der Waals surface area contributed by atoms with E-state index < -0.39 is 5.97 Å². The molecule has 5 heteroatoms. The normalized spacial score (nSPS) is 16.4. The number of carbonyl (C=O) groups is 2. The van der Waals surface area contributed by atoms with Crippen LogP contribution in [0.2, 0.25) is 0 Å². The molecule has 1 aromatic rings. The number of allylic oxidation sites excluding steroid dienone is 1. The number of ether oxygens (including phenoxy) is 2. The van der Waals surface area contributed by atoms with E-state index >= 15 is 0 Å². The van der Waals surface area contributed by atoms with Crippen LogP contribution in [0.5, 0.6) is 5.75 Å². The molecule has 0 radical (unpaired) electrons. The van der Waals surface area contributed by atoms with Gasteiger partial charge in [-0.15, -0.1) is 0 Å². The number of nitrogens with zero attached hydrogens (tertiary/aromatic N) is 1. The van der Waals surface area contributed by atoms with Crippen molar-refractivity contribution in [2.75, 3.05) is 0 Å². The molecule has 0 saturated carbocycles. The zero-order valence-electron chi connectivity index (χ0n) is 9.97. The number of rotatable bonds is 2. The number of benzene rings is 1. The number of carbonyl (C=O) groups excluding carboxylic acids is 2. The average Bonchev–Trinajstić information content (AvgIpc) is 2.71. The minimum absolute atomic E-state index is 0.252. The first-order chi connectivity index (χ1) is 8.60.